The molecule has 2 saturated carbocycles. The summed E-state index contributed by atoms with van der Waals surface area (Å²) in [6.07, 6.45) is 7.90. The van der Waals surface area contributed by atoms with E-state index in [2.05, 4.69) is 17.4 Å². The van der Waals surface area contributed by atoms with E-state index in [1.54, 1.807) is 0 Å². The molecule has 16 heavy (non-hydrogen) atoms. The summed E-state index contributed by atoms with van der Waals surface area (Å²) in [7, 11) is 0. The van der Waals surface area contributed by atoms with Crippen LogP contribution in [0.4, 0.5) is 0 Å². The van der Waals surface area contributed by atoms with Crippen LogP contribution in [0.3, 0.4) is 0 Å². The summed E-state index contributed by atoms with van der Waals surface area (Å²) in [5.41, 5.74) is 4.21. The topological polar surface area (TPSA) is 24.9 Å². The van der Waals surface area contributed by atoms with E-state index in [0.29, 0.717) is 6.04 Å². The highest BCUT2D eigenvalue weighted by atomic mass is 15.0. The molecule has 2 heteroatoms. The Bertz CT molecular complexity index is 419. The summed E-state index contributed by atoms with van der Waals surface area (Å²) < 4.78 is 0. The first-order valence-corrected chi connectivity index (χ1v) is 6.66. The van der Waals surface area contributed by atoms with Crippen molar-refractivity contribution in [2.75, 3.05) is 0 Å². The van der Waals surface area contributed by atoms with E-state index in [9.17, 15) is 0 Å². The molecule has 1 unspecified atom stereocenters. The number of fused-ring (bicyclic) bond motifs is 1. The zero-order valence-electron chi connectivity index (χ0n) is 9.58. The van der Waals surface area contributed by atoms with E-state index in [1.165, 1.54) is 55.5 Å². The predicted molar refractivity (Wildman–Crippen MR) is 63.4 cm³/mol. The van der Waals surface area contributed by atoms with Crippen molar-refractivity contribution in [3.8, 4) is 0 Å². The standard InChI is InChI=1S/C14H18N2/c1-2-9(1)12-6-5-11-13(15-10-3-4-10)7-8-14(11)16-12/h5-6,9-10,13,15H,1-4,7-8H2. The van der Waals surface area contributed by atoms with Gasteiger partial charge in [-0.3, -0.25) is 4.98 Å². The zero-order chi connectivity index (χ0) is 10.5. The van der Waals surface area contributed by atoms with Gasteiger partial charge in [0.25, 0.3) is 0 Å². The van der Waals surface area contributed by atoms with Gasteiger partial charge in [-0.2, -0.15) is 0 Å². The van der Waals surface area contributed by atoms with Crippen molar-refractivity contribution in [2.24, 2.45) is 0 Å². The van der Waals surface area contributed by atoms with Gasteiger partial charge >= 0.3 is 0 Å². The number of hydrogen-bond donors (Lipinski definition) is 1. The van der Waals surface area contributed by atoms with Gasteiger partial charge in [-0.15, -0.1) is 0 Å². The van der Waals surface area contributed by atoms with Crippen molar-refractivity contribution in [1.82, 2.24) is 10.3 Å². The minimum absolute atomic E-state index is 0.600. The molecule has 0 radical (unpaired) electrons. The normalized spacial score (nSPS) is 28.1. The van der Waals surface area contributed by atoms with Crippen molar-refractivity contribution in [2.45, 2.75) is 56.5 Å². The second-order valence-electron chi connectivity index (χ2n) is 5.58. The highest BCUT2D eigenvalue weighted by Gasteiger charge is 2.31. The van der Waals surface area contributed by atoms with Crippen molar-refractivity contribution < 1.29 is 0 Å². The Hall–Kier alpha value is -0.890. The fourth-order valence-corrected chi connectivity index (χ4v) is 2.80. The lowest BCUT2D eigenvalue weighted by Gasteiger charge is -2.13. The van der Waals surface area contributed by atoms with Crippen LogP contribution in [0.25, 0.3) is 0 Å². The van der Waals surface area contributed by atoms with Crippen LogP contribution in [0.1, 0.15) is 61.0 Å². The fraction of sp³-hybridized carbons (Fsp3) is 0.643. The maximum atomic E-state index is 4.85. The van der Waals surface area contributed by atoms with E-state index >= 15 is 0 Å². The molecule has 2 nitrogen and oxygen atoms in total. The lowest BCUT2D eigenvalue weighted by atomic mass is 10.1. The first-order chi connectivity index (χ1) is 7.90. The Morgan fingerprint density at radius 1 is 1.06 bits per heavy atom. The minimum atomic E-state index is 0.600. The van der Waals surface area contributed by atoms with Gasteiger partial charge in [-0.1, -0.05) is 6.07 Å². The molecule has 0 aliphatic heterocycles. The molecule has 1 atom stereocenters. The Balaban J connectivity index is 1.60. The summed E-state index contributed by atoms with van der Waals surface area (Å²) >= 11 is 0. The third kappa shape index (κ3) is 1.56. The van der Waals surface area contributed by atoms with Crippen LogP contribution < -0.4 is 5.32 Å². The average Bonchev–Trinajstić information content (AvgIpc) is 3.18. The molecule has 84 valence electrons. The van der Waals surface area contributed by atoms with Crippen molar-refractivity contribution in [1.29, 1.82) is 0 Å². The molecule has 1 N–H and O–H groups in total. The van der Waals surface area contributed by atoms with Gasteiger partial charge in [-0.05, 0) is 50.2 Å². The largest absolute Gasteiger partial charge is 0.307 e. The SMILES string of the molecule is c1cc2c(nc1C1CC1)CCC2NC1CC1. The van der Waals surface area contributed by atoms with Crippen LogP contribution in [0.5, 0.6) is 0 Å². The molecule has 0 bridgehead atoms. The molecular formula is C14H18N2. The molecular weight excluding hydrogens is 196 g/mol. The summed E-state index contributed by atoms with van der Waals surface area (Å²) in [6.45, 7) is 0. The van der Waals surface area contributed by atoms with Crippen molar-refractivity contribution >= 4 is 0 Å². The maximum Gasteiger partial charge on any atom is 0.0455 e. The predicted octanol–water partition coefficient (Wildman–Crippen LogP) is 2.70. The third-order valence-corrected chi connectivity index (χ3v) is 4.09. The van der Waals surface area contributed by atoms with E-state index in [0.717, 1.165) is 12.0 Å². The average molecular weight is 214 g/mol. The first kappa shape index (κ1) is 9.17. The van der Waals surface area contributed by atoms with E-state index in [4.69, 9.17) is 4.98 Å². The van der Waals surface area contributed by atoms with Crippen molar-refractivity contribution in [3.05, 3.63) is 29.1 Å². The number of aryl methyl sites for hydroxylation is 1. The number of nitrogens with zero attached hydrogens (tertiary/aromatic N) is 1. The lowest BCUT2D eigenvalue weighted by Crippen LogP contribution is -2.21. The Morgan fingerprint density at radius 3 is 2.69 bits per heavy atom. The summed E-state index contributed by atoms with van der Waals surface area (Å²) in [6, 6.07) is 6.01. The number of pyridine rings is 1. The summed E-state index contributed by atoms with van der Waals surface area (Å²) in [5, 5.41) is 3.73. The molecule has 1 aromatic rings. The number of aromatic nitrogens is 1. The van der Waals surface area contributed by atoms with E-state index in [1.807, 2.05) is 0 Å². The van der Waals surface area contributed by atoms with Gasteiger partial charge in [0.2, 0.25) is 0 Å². The van der Waals surface area contributed by atoms with Crippen LogP contribution in [0.15, 0.2) is 12.1 Å². The van der Waals surface area contributed by atoms with Gasteiger partial charge in [0.15, 0.2) is 0 Å². The van der Waals surface area contributed by atoms with Crippen LogP contribution >= 0.6 is 0 Å². The molecule has 0 spiro atoms. The second kappa shape index (κ2) is 3.30. The fourth-order valence-electron chi connectivity index (χ4n) is 2.80. The molecule has 1 heterocycles. The van der Waals surface area contributed by atoms with Crippen LogP contribution in [0.2, 0.25) is 0 Å². The Kier molecular flexibility index (Phi) is 1.89. The molecule has 4 rings (SSSR count). The Labute approximate surface area is 96.5 Å². The molecule has 3 aliphatic rings. The molecule has 0 saturated heterocycles. The number of rotatable bonds is 3. The monoisotopic (exact) mass is 214 g/mol. The van der Waals surface area contributed by atoms with Crippen LogP contribution in [0, 0.1) is 0 Å². The zero-order valence-corrected chi connectivity index (χ0v) is 9.58. The van der Waals surface area contributed by atoms with Gasteiger partial charge in [0, 0.05) is 29.4 Å². The summed E-state index contributed by atoms with van der Waals surface area (Å²) in [5.74, 6) is 0.792. The molecule has 0 aromatic carbocycles. The summed E-state index contributed by atoms with van der Waals surface area (Å²) in [4.78, 5) is 4.85. The quantitative estimate of drug-likeness (QED) is 0.836. The number of nitrogens with one attached hydrogen (secondary N) is 1. The van der Waals surface area contributed by atoms with E-state index < -0.39 is 0 Å². The molecule has 1 aromatic heterocycles. The number of hydrogen-bond acceptors (Lipinski definition) is 2. The molecule has 0 amide bonds. The smallest absolute Gasteiger partial charge is 0.0455 e. The lowest BCUT2D eigenvalue weighted by molar-refractivity contribution is 0.527. The highest BCUT2D eigenvalue weighted by Crippen LogP contribution is 2.41. The van der Waals surface area contributed by atoms with E-state index in [-0.39, 0.29) is 0 Å². The van der Waals surface area contributed by atoms with Gasteiger partial charge in [-0.25, -0.2) is 0 Å². The third-order valence-electron chi connectivity index (χ3n) is 4.09. The molecule has 2 fully saturated rings. The van der Waals surface area contributed by atoms with Crippen LogP contribution in [-0.2, 0) is 6.42 Å². The highest BCUT2D eigenvalue weighted by molar-refractivity contribution is 5.33. The maximum absolute atomic E-state index is 4.85. The minimum Gasteiger partial charge on any atom is -0.307 e. The second-order valence-corrected chi connectivity index (χ2v) is 5.58. The Morgan fingerprint density at radius 2 is 1.94 bits per heavy atom. The first-order valence-electron chi connectivity index (χ1n) is 6.66. The van der Waals surface area contributed by atoms with Gasteiger partial charge < -0.3 is 5.32 Å². The molecule has 3 aliphatic carbocycles. The van der Waals surface area contributed by atoms with Crippen molar-refractivity contribution in [3.63, 3.8) is 0 Å². The van der Waals surface area contributed by atoms with Gasteiger partial charge in [0.1, 0.15) is 0 Å². The van der Waals surface area contributed by atoms with Crippen LogP contribution in [-0.4, -0.2) is 11.0 Å². The van der Waals surface area contributed by atoms with Gasteiger partial charge in [0.05, 0.1) is 0 Å².